The molecule has 0 spiro atoms. The number of carboxylic acids is 1. The van der Waals surface area contributed by atoms with E-state index in [1.807, 2.05) is 0 Å². The van der Waals surface area contributed by atoms with E-state index in [0.29, 0.717) is 12.8 Å². The number of aliphatic carboxylic acids is 1. The summed E-state index contributed by atoms with van der Waals surface area (Å²) in [6, 6.07) is 0. The van der Waals surface area contributed by atoms with Gasteiger partial charge in [0, 0.05) is 0 Å². The lowest BCUT2D eigenvalue weighted by atomic mass is 10.1. The Morgan fingerprint density at radius 1 is 1.36 bits per heavy atom. The topological polar surface area (TPSA) is 77.8 Å². The Bertz CT molecular complexity index is 122. The first-order valence-electron chi connectivity index (χ1n) is 3.60. The highest BCUT2D eigenvalue weighted by molar-refractivity contribution is 5.67. The van der Waals surface area contributed by atoms with E-state index in [-0.39, 0.29) is 6.42 Å². The van der Waals surface area contributed by atoms with Crippen molar-refractivity contribution in [3.8, 4) is 0 Å². The molecule has 0 aromatic rings. The van der Waals surface area contributed by atoms with Gasteiger partial charge in [-0.25, -0.2) is 0 Å². The molecule has 4 nitrogen and oxygen atoms in total. The summed E-state index contributed by atoms with van der Waals surface area (Å²) in [6.45, 7) is 1.60. The summed E-state index contributed by atoms with van der Waals surface area (Å²) in [6.07, 6.45) is -0.772. The molecule has 3 N–H and O–H groups in total. The Hall–Kier alpha value is -0.610. The van der Waals surface area contributed by atoms with E-state index in [1.54, 1.807) is 6.92 Å². The first-order valence-corrected chi connectivity index (χ1v) is 3.60. The Morgan fingerprint density at radius 2 is 1.91 bits per heavy atom. The molecule has 0 bridgehead atoms. The highest BCUT2D eigenvalue weighted by Crippen LogP contribution is 2.04. The van der Waals surface area contributed by atoms with Gasteiger partial charge in [0.1, 0.15) is 0 Å². The molecular weight excluding hydrogens is 148 g/mol. The third-order valence-corrected chi connectivity index (χ3v) is 1.33. The zero-order valence-electron chi connectivity index (χ0n) is 6.53. The monoisotopic (exact) mass is 162 g/mol. The van der Waals surface area contributed by atoms with Crippen molar-refractivity contribution in [3.63, 3.8) is 0 Å². The van der Waals surface area contributed by atoms with Gasteiger partial charge < -0.3 is 15.3 Å². The lowest BCUT2D eigenvalue weighted by Crippen LogP contribution is -2.15. The fourth-order valence-electron chi connectivity index (χ4n) is 0.737. The molecule has 0 fully saturated rings. The normalized spacial score (nSPS) is 15.9. The quantitative estimate of drug-likeness (QED) is 0.531. The van der Waals surface area contributed by atoms with Crippen LogP contribution in [0.1, 0.15) is 26.2 Å². The fourth-order valence-corrected chi connectivity index (χ4v) is 0.737. The van der Waals surface area contributed by atoms with Crippen LogP contribution in [0.5, 0.6) is 0 Å². The van der Waals surface area contributed by atoms with Gasteiger partial charge >= 0.3 is 5.97 Å². The van der Waals surface area contributed by atoms with Crippen molar-refractivity contribution in [1.29, 1.82) is 0 Å². The molecule has 0 rings (SSSR count). The maximum Gasteiger partial charge on any atom is 0.305 e. The van der Waals surface area contributed by atoms with E-state index in [2.05, 4.69) is 0 Å². The second-order valence-electron chi connectivity index (χ2n) is 2.68. The van der Waals surface area contributed by atoms with Crippen LogP contribution >= 0.6 is 0 Å². The summed E-state index contributed by atoms with van der Waals surface area (Å²) in [5, 5.41) is 26.0. The average molecular weight is 162 g/mol. The maximum atomic E-state index is 10.0. The number of carboxylic acid groups (broad SMARTS) is 1. The first kappa shape index (κ1) is 10.4. The largest absolute Gasteiger partial charge is 0.481 e. The Morgan fingerprint density at radius 3 is 2.27 bits per heavy atom. The van der Waals surface area contributed by atoms with Gasteiger partial charge in [0.25, 0.3) is 0 Å². The van der Waals surface area contributed by atoms with Crippen molar-refractivity contribution in [2.24, 2.45) is 0 Å². The summed E-state index contributed by atoms with van der Waals surface area (Å²) in [5.74, 6) is -1.01. The standard InChI is InChI=1S/C7H14O4/c1-5(8)2-3-6(9)4-7(10)11/h5-6,8-9H,2-4H2,1H3,(H,10,11). The van der Waals surface area contributed by atoms with Gasteiger partial charge in [0.15, 0.2) is 0 Å². The number of carbonyl (C=O) groups is 1. The summed E-state index contributed by atoms with van der Waals surface area (Å²) >= 11 is 0. The first-order chi connectivity index (χ1) is 5.02. The zero-order chi connectivity index (χ0) is 8.85. The number of hydrogen-bond donors (Lipinski definition) is 3. The van der Waals surface area contributed by atoms with Crippen LogP contribution in [0.25, 0.3) is 0 Å². The minimum Gasteiger partial charge on any atom is -0.481 e. The third kappa shape index (κ3) is 7.29. The summed E-state index contributed by atoms with van der Waals surface area (Å²) in [5.41, 5.74) is 0. The van der Waals surface area contributed by atoms with Crippen LogP contribution < -0.4 is 0 Å². The molecule has 0 aromatic heterocycles. The van der Waals surface area contributed by atoms with Gasteiger partial charge in [-0.05, 0) is 19.8 Å². The van der Waals surface area contributed by atoms with E-state index in [9.17, 15) is 4.79 Å². The van der Waals surface area contributed by atoms with Crippen LogP contribution in [0.4, 0.5) is 0 Å². The number of aliphatic hydroxyl groups is 2. The van der Waals surface area contributed by atoms with Gasteiger partial charge in [-0.15, -0.1) is 0 Å². The lowest BCUT2D eigenvalue weighted by molar-refractivity contribution is -0.139. The third-order valence-electron chi connectivity index (χ3n) is 1.33. The molecule has 0 saturated heterocycles. The molecule has 11 heavy (non-hydrogen) atoms. The Kier molecular flexibility index (Phi) is 4.81. The van der Waals surface area contributed by atoms with E-state index in [0.717, 1.165) is 0 Å². The van der Waals surface area contributed by atoms with E-state index < -0.39 is 18.2 Å². The van der Waals surface area contributed by atoms with Crippen molar-refractivity contribution < 1.29 is 20.1 Å². The van der Waals surface area contributed by atoms with Gasteiger partial charge in [-0.2, -0.15) is 0 Å². The van der Waals surface area contributed by atoms with Crippen LogP contribution in [0.3, 0.4) is 0 Å². The zero-order valence-corrected chi connectivity index (χ0v) is 6.53. The minimum absolute atomic E-state index is 0.243. The maximum absolute atomic E-state index is 10.0. The van der Waals surface area contributed by atoms with Gasteiger partial charge in [0.05, 0.1) is 18.6 Å². The SMILES string of the molecule is CC(O)CCC(O)CC(=O)O. The Balaban J connectivity index is 3.37. The average Bonchev–Trinajstić information content (AvgIpc) is 1.82. The van der Waals surface area contributed by atoms with E-state index in [1.165, 1.54) is 0 Å². The minimum atomic E-state index is -1.01. The van der Waals surface area contributed by atoms with Gasteiger partial charge in [-0.1, -0.05) is 0 Å². The van der Waals surface area contributed by atoms with E-state index >= 15 is 0 Å². The molecule has 4 heteroatoms. The predicted octanol–water partition coefficient (Wildman–Crippen LogP) is -0.0170. The molecule has 2 atom stereocenters. The number of hydrogen-bond acceptors (Lipinski definition) is 3. The van der Waals surface area contributed by atoms with Crippen molar-refractivity contribution in [2.75, 3.05) is 0 Å². The molecule has 0 aliphatic heterocycles. The molecular formula is C7H14O4. The van der Waals surface area contributed by atoms with Crippen LogP contribution in [0.2, 0.25) is 0 Å². The lowest BCUT2D eigenvalue weighted by Gasteiger charge is -2.08. The number of aliphatic hydroxyl groups excluding tert-OH is 2. The van der Waals surface area contributed by atoms with Crippen LogP contribution in [0, 0.1) is 0 Å². The molecule has 0 radical (unpaired) electrons. The van der Waals surface area contributed by atoms with Crippen molar-refractivity contribution in [3.05, 3.63) is 0 Å². The molecule has 0 heterocycles. The molecule has 0 saturated carbocycles. The second-order valence-corrected chi connectivity index (χ2v) is 2.68. The van der Waals surface area contributed by atoms with Crippen LogP contribution in [0.15, 0.2) is 0 Å². The van der Waals surface area contributed by atoms with E-state index in [4.69, 9.17) is 15.3 Å². The van der Waals surface area contributed by atoms with Gasteiger partial charge in [0.2, 0.25) is 0 Å². The summed E-state index contributed by atoms with van der Waals surface area (Å²) in [4.78, 5) is 10.0. The molecule has 0 aromatic carbocycles. The van der Waals surface area contributed by atoms with Crippen LogP contribution in [-0.4, -0.2) is 33.5 Å². The molecule has 2 unspecified atom stereocenters. The molecule has 0 aliphatic rings. The molecule has 66 valence electrons. The second kappa shape index (κ2) is 5.09. The van der Waals surface area contributed by atoms with Crippen molar-refractivity contribution in [2.45, 2.75) is 38.4 Å². The summed E-state index contributed by atoms with van der Waals surface area (Å²) in [7, 11) is 0. The highest BCUT2D eigenvalue weighted by atomic mass is 16.4. The fraction of sp³-hybridized carbons (Fsp3) is 0.857. The van der Waals surface area contributed by atoms with Crippen molar-refractivity contribution >= 4 is 5.97 Å². The Labute approximate surface area is 65.5 Å². The van der Waals surface area contributed by atoms with Crippen LogP contribution in [-0.2, 0) is 4.79 Å². The smallest absolute Gasteiger partial charge is 0.305 e. The highest BCUT2D eigenvalue weighted by Gasteiger charge is 2.09. The van der Waals surface area contributed by atoms with Gasteiger partial charge in [-0.3, -0.25) is 4.79 Å². The molecule has 0 aliphatic carbocycles. The number of rotatable bonds is 5. The molecule has 0 amide bonds. The van der Waals surface area contributed by atoms with Crippen molar-refractivity contribution in [1.82, 2.24) is 0 Å². The predicted molar refractivity (Wildman–Crippen MR) is 39.2 cm³/mol. The summed E-state index contributed by atoms with van der Waals surface area (Å²) < 4.78 is 0.